The van der Waals surface area contributed by atoms with Gasteiger partial charge in [-0.2, -0.15) is 0 Å². The number of nitrogens with zero attached hydrogens (tertiary/aromatic N) is 1. The van der Waals surface area contributed by atoms with E-state index in [0.717, 1.165) is 37.8 Å². The van der Waals surface area contributed by atoms with Crippen molar-refractivity contribution in [3.63, 3.8) is 0 Å². The molecule has 4 nitrogen and oxygen atoms in total. The number of hydrogen-bond donors (Lipinski definition) is 1. The number of rotatable bonds is 8. The van der Waals surface area contributed by atoms with Crippen LogP contribution in [0.2, 0.25) is 0 Å². The first-order valence-electron chi connectivity index (χ1n) is 5.87. The summed E-state index contributed by atoms with van der Waals surface area (Å²) in [4.78, 5) is 2.33. The first-order valence-corrected chi connectivity index (χ1v) is 5.87. The minimum absolute atomic E-state index is 0.444. The molecule has 1 rings (SSSR count). The van der Waals surface area contributed by atoms with Crippen molar-refractivity contribution in [3.05, 3.63) is 23.7 Å². The lowest BCUT2D eigenvalue weighted by atomic mass is 10.4. The summed E-state index contributed by atoms with van der Waals surface area (Å²) in [6.07, 6.45) is 0. The third-order valence-corrected chi connectivity index (χ3v) is 2.61. The number of ether oxygens (including phenoxy) is 1. The van der Waals surface area contributed by atoms with Crippen LogP contribution in [0.15, 0.2) is 16.5 Å². The second kappa shape index (κ2) is 7.44. The first kappa shape index (κ1) is 13.2. The van der Waals surface area contributed by atoms with Crippen molar-refractivity contribution in [2.75, 3.05) is 26.2 Å². The summed E-state index contributed by atoms with van der Waals surface area (Å²) < 4.78 is 11.0. The number of likely N-dealkylation sites (N-methyl/N-ethyl adjacent to an activating group) is 1. The van der Waals surface area contributed by atoms with E-state index < -0.39 is 0 Å². The zero-order valence-corrected chi connectivity index (χ0v) is 10.2. The molecule has 0 unspecified atom stereocenters. The molecule has 1 heterocycles. The molecular weight excluding hydrogens is 204 g/mol. The van der Waals surface area contributed by atoms with Gasteiger partial charge >= 0.3 is 0 Å². The topological polar surface area (TPSA) is 51.6 Å². The highest BCUT2D eigenvalue weighted by atomic mass is 16.5. The molecule has 0 saturated heterocycles. The predicted octanol–water partition coefficient (Wildman–Crippen LogP) is 1.60. The van der Waals surface area contributed by atoms with Gasteiger partial charge in [0.15, 0.2) is 0 Å². The largest absolute Gasteiger partial charge is 0.462 e. The van der Waals surface area contributed by atoms with Gasteiger partial charge in [-0.25, -0.2) is 0 Å². The van der Waals surface area contributed by atoms with E-state index in [-0.39, 0.29) is 0 Å². The average Bonchev–Trinajstić information content (AvgIpc) is 2.77. The summed E-state index contributed by atoms with van der Waals surface area (Å²) in [5.41, 5.74) is 5.45. The highest BCUT2D eigenvalue weighted by Crippen LogP contribution is 2.08. The summed E-state index contributed by atoms with van der Waals surface area (Å²) in [6, 6.07) is 3.81. The van der Waals surface area contributed by atoms with Gasteiger partial charge in [-0.05, 0) is 25.2 Å². The lowest BCUT2D eigenvalue weighted by molar-refractivity contribution is 0.0837. The summed E-state index contributed by atoms with van der Waals surface area (Å²) in [6.45, 7) is 9.13. The van der Waals surface area contributed by atoms with Crippen molar-refractivity contribution >= 4 is 0 Å². The van der Waals surface area contributed by atoms with Crippen LogP contribution in [0, 0.1) is 0 Å². The fraction of sp³-hybridized carbons (Fsp3) is 0.667. The van der Waals surface area contributed by atoms with E-state index in [1.54, 1.807) is 0 Å². The molecule has 4 heteroatoms. The Morgan fingerprint density at radius 3 is 2.50 bits per heavy atom. The Balaban J connectivity index is 2.15. The average molecular weight is 226 g/mol. The van der Waals surface area contributed by atoms with E-state index in [9.17, 15) is 0 Å². The summed E-state index contributed by atoms with van der Waals surface area (Å²) in [5, 5.41) is 0. The highest BCUT2D eigenvalue weighted by molar-refractivity contribution is 5.05. The summed E-state index contributed by atoms with van der Waals surface area (Å²) in [7, 11) is 0. The van der Waals surface area contributed by atoms with Crippen LogP contribution in [0.25, 0.3) is 0 Å². The van der Waals surface area contributed by atoms with Crippen LogP contribution in [0.3, 0.4) is 0 Å². The molecular formula is C12H22N2O2. The minimum Gasteiger partial charge on any atom is -0.462 e. The van der Waals surface area contributed by atoms with Crippen molar-refractivity contribution in [1.82, 2.24) is 4.90 Å². The molecule has 0 amide bonds. The van der Waals surface area contributed by atoms with Gasteiger partial charge in [0.05, 0.1) is 13.2 Å². The summed E-state index contributed by atoms with van der Waals surface area (Å²) >= 11 is 0. The SMILES string of the molecule is CCN(CC)CCOCc1ccc(CN)o1. The molecule has 0 bridgehead atoms. The molecule has 0 aliphatic rings. The monoisotopic (exact) mass is 226 g/mol. The Hall–Kier alpha value is -0.840. The number of hydrogen-bond acceptors (Lipinski definition) is 4. The van der Waals surface area contributed by atoms with Crippen molar-refractivity contribution < 1.29 is 9.15 Å². The number of nitrogens with two attached hydrogens (primary N) is 1. The van der Waals surface area contributed by atoms with Gasteiger partial charge in [0.1, 0.15) is 18.1 Å². The van der Waals surface area contributed by atoms with Crippen LogP contribution < -0.4 is 5.73 Å². The Labute approximate surface area is 97.4 Å². The molecule has 0 fully saturated rings. The fourth-order valence-electron chi connectivity index (χ4n) is 1.52. The van der Waals surface area contributed by atoms with Crippen LogP contribution in [-0.4, -0.2) is 31.1 Å². The third kappa shape index (κ3) is 4.35. The standard InChI is InChI=1S/C12H22N2O2/c1-3-14(4-2)7-8-15-10-12-6-5-11(9-13)16-12/h5-6H,3-4,7-10,13H2,1-2H3. The van der Waals surface area contributed by atoms with Gasteiger partial charge in [-0.15, -0.1) is 0 Å². The van der Waals surface area contributed by atoms with Gasteiger partial charge in [-0.3, -0.25) is 0 Å². The predicted molar refractivity (Wildman–Crippen MR) is 64.0 cm³/mol. The van der Waals surface area contributed by atoms with E-state index in [1.165, 1.54) is 0 Å². The highest BCUT2D eigenvalue weighted by Gasteiger charge is 2.02. The van der Waals surface area contributed by atoms with E-state index >= 15 is 0 Å². The maximum atomic E-state index is 5.54. The minimum atomic E-state index is 0.444. The zero-order chi connectivity index (χ0) is 11.8. The molecule has 0 radical (unpaired) electrons. The quantitative estimate of drug-likeness (QED) is 0.684. The van der Waals surface area contributed by atoms with Crippen molar-refractivity contribution in [2.24, 2.45) is 5.73 Å². The van der Waals surface area contributed by atoms with Crippen LogP contribution in [-0.2, 0) is 17.9 Å². The van der Waals surface area contributed by atoms with Gasteiger partial charge in [-0.1, -0.05) is 13.8 Å². The maximum Gasteiger partial charge on any atom is 0.129 e. The molecule has 92 valence electrons. The molecule has 0 aromatic carbocycles. The van der Waals surface area contributed by atoms with Gasteiger partial charge in [0.2, 0.25) is 0 Å². The number of furan rings is 1. The molecule has 0 aliphatic carbocycles. The van der Waals surface area contributed by atoms with Gasteiger partial charge in [0, 0.05) is 6.54 Å². The van der Waals surface area contributed by atoms with Gasteiger partial charge in [0.25, 0.3) is 0 Å². The Morgan fingerprint density at radius 1 is 1.25 bits per heavy atom. The zero-order valence-electron chi connectivity index (χ0n) is 10.2. The molecule has 1 aromatic heterocycles. The molecule has 2 N–H and O–H groups in total. The molecule has 0 spiro atoms. The van der Waals surface area contributed by atoms with Crippen LogP contribution in [0.1, 0.15) is 25.4 Å². The van der Waals surface area contributed by atoms with Crippen LogP contribution >= 0.6 is 0 Å². The van der Waals surface area contributed by atoms with Crippen molar-refractivity contribution in [3.8, 4) is 0 Å². The van der Waals surface area contributed by atoms with Crippen LogP contribution in [0.4, 0.5) is 0 Å². The lowest BCUT2D eigenvalue weighted by Gasteiger charge is -2.17. The van der Waals surface area contributed by atoms with E-state index in [4.69, 9.17) is 14.9 Å². The summed E-state index contributed by atoms with van der Waals surface area (Å²) in [5.74, 6) is 1.65. The first-order chi connectivity index (χ1) is 7.80. The molecule has 0 saturated carbocycles. The second-order valence-corrected chi connectivity index (χ2v) is 3.65. The Morgan fingerprint density at radius 2 is 1.94 bits per heavy atom. The lowest BCUT2D eigenvalue weighted by Crippen LogP contribution is -2.26. The molecule has 1 aromatic rings. The van der Waals surface area contributed by atoms with E-state index in [0.29, 0.717) is 13.2 Å². The smallest absolute Gasteiger partial charge is 0.129 e. The van der Waals surface area contributed by atoms with E-state index in [2.05, 4.69) is 18.7 Å². The normalized spacial score (nSPS) is 11.2. The molecule has 0 aliphatic heterocycles. The second-order valence-electron chi connectivity index (χ2n) is 3.65. The fourth-order valence-corrected chi connectivity index (χ4v) is 1.52. The molecule has 0 atom stereocenters. The molecule has 16 heavy (non-hydrogen) atoms. The van der Waals surface area contributed by atoms with Crippen molar-refractivity contribution in [1.29, 1.82) is 0 Å². The third-order valence-electron chi connectivity index (χ3n) is 2.61. The Bertz CT molecular complexity index is 282. The van der Waals surface area contributed by atoms with Gasteiger partial charge < -0.3 is 19.8 Å². The van der Waals surface area contributed by atoms with E-state index in [1.807, 2.05) is 12.1 Å². The Kier molecular flexibility index (Phi) is 6.15. The maximum absolute atomic E-state index is 5.54. The van der Waals surface area contributed by atoms with Crippen LogP contribution in [0.5, 0.6) is 0 Å². The van der Waals surface area contributed by atoms with Crippen molar-refractivity contribution in [2.45, 2.75) is 27.0 Å².